The minimum Gasteiger partial charge on any atom is -0.382 e. The van der Waals surface area contributed by atoms with Crippen LogP contribution < -0.4 is 0 Å². The molecule has 0 unspecified atom stereocenters. The summed E-state index contributed by atoms with van der Waals surface area (Å²) in [6.45, 7) is 1.57. The van der Waals surface area contributed by atoms with E-state index in [-0.39, 0.29) is 5.75 Å². The van der Waals surface area contributed by atoms with E-state index in [0.29, 0.717) is 26.2 Å². The molecule has 0 aromatic carbocycles. The smallest absolute Gasteiger partial charge is 0.147 e. The first kappa shape index (κ1) is 11.9. The van der Waals surface area contributed by atoms with Gasteiger partial charge in [0.2, 0.25) is 0 Å². The van der Waals surface area contributed by atoms with Gasteiger partial charge in [-0.15, -0.1) is 0 Å². The highest BCUT2D eigenvalue weighted by Gasteiger charge is 2.00. The topological polar surface area (TPSA) is 52.6 Å². The number of rotatable bonds is 7. The van der Waals surface area contributed by atoms with Crippen LogP contribution in [0.5, 0.6) is 0 Å². The molecule has 12 heavy (non-hydrogen) atoms. The van der Waals surface area contributed by atoms with E-state index in [2.05, 4.69) is 0 Å². The number of sulfone groups is 1. The van der Waals surface area contributed by atoms with Crippen LogP contribution in [-0.4, -0.2) is 47.4 Å². The Morgan fingerprint density at radius 3 is 2.33 bits per heavy atom. The lowest BCUT2D eigenvalue weighted by Gasteiger charge is -2.01. The zero-order valence-electron chi connectivity index (χ0n) is 7.58. The van der Waals surface area contributed by atoms with Crippen LogP contribution in [0.1, 0.15) is 6.42 Å². The normalized spacial score (nSPS) is 11.8. The quantitative estimate of drug-likeness (QED) is 0.541. The molecule has 0 aliphatic heterocycles. The van der Waals surface area contributed by atoms with Crippen molar-refractivity contribution in [2.45, 2.75) is 6.42 Å². The molecule has 0 saturated carbocycles. The zero-order valence-corrected chi connectivity index (χ0v) is 8.39. The highest BCUT2D eigenvalue weighted by atomic mass is 32.2. The first-order valence-electron chi connectivity index (χ1n) is 3.80. The van der Waals surface area contributed by atoms with Gasteiger partial charge in [0.25, 0.3) is 0 Å². The number of hydrogen-bond donors (Lipinski definition) is 0. The van der Waals surface area contributed by atoms with E-state index in [1.165, 1.54) is 6.26 Å². The summed E-state index contributed by atoms with van der Waals surface area (Å²) >= 11 is 0. The summed E-state index contributed by atoms with van der Waals surface area (Å²) < 4.78 is 31.1. The maximum atomic E-state index is 10.6. The Kier molecular flexibility index (Phi) is 6.32. The van der Waals surface area contributed by atoms with Gasteiger partial charge in [0, 0.05) is 20.0 Å². The van der Waals surface area contributed by atoms with Crippen LogP contribution in [0, 0.1) is 0 Å². The third kappa shape index (κ3) is 9.87. The van der Waals surface area contributed by atoms with Crippen LogP contribution in [0.3, 0.4) is 0 Å². The average molecular weight is 196 g/mol. The second kappa shape index (κ2) is 6.39. The summed E-state index contributed by atoms with van der Waals surface area (Å²) in [6, 6.07) is 0. The van der Waals surface area contributed by atoms with Crippen molar-refractivity contribution in [3.05, 3.63) is 0 Å². The van der Waals surface area contributed by atoms with Crippen LogP contribution in [0.4, 0.5) is 0 Å². The van der Waals surface area contributed by atoms with Crippen LogP contribution in [-0.2, 0) is 19.3 Å². The standard InChI is InChI=1S/C7H16O4S/c1-10-5-6-11-4-3-7-12(2,8)9/h3-7H2,1-2H3. The summed E-state index contributed by atoms with van der Waals surface area (Å²) in [5.41, 5.74) is 0. The molecule has 4 nitrogen and oxygen atoms in total. The molecule has 0 aromatic rings. The second-order valence-electron chi connectivity index (χ2n) is 2.59. The summed E-state index contributed by atoms with van der Waals surface area (Å²) in [5, 5.41) is 0. The highest BCUT2D eigenvalue weighted by Crippen LogP contribution is 1.89. The van der Waals surface area contributed by atoms with Gasteiger partial charge in [-0.2, -0.15) is 0 Å². The van der Waals surface area contributed by atoms with Gasteiger partial charge in [0.05, 0.1) is 19.0 Å². The van der Waals surface area contributed by atoms with Gasteiger partial charge in [-0.05, 0) is 6.42 Å². The van der Waals surface area contributed by atoms with E-state index in [4.69, 9.17) is 9.47 Å². The predicted molar refractivity (Wildman–Crippen MR) is 47.0 cm³/mol. The first-order chi connectivity index (χ1) is 5.56. The molecular formula is C7H16O4S. The van der Waals surface area contributed by atoms with Crippen molar-refractivity contribution < 1.29 is 17.9 Å². The first-order valence-corrected chi connectivity index (χ1v) is 5.87. The molecular weight excluding hydrogens is 180 g/mol. The third-order valence-electron chi connectivity index (χ3n) is 1.24. The van der Waals surface area contributed by atoms with Gasteiger partial charge in [-0.3, -0.25) is 0 Å². The predicted octanol–water partition coefficient (Wildman–Crippen LogP) is 0.0841. The maximum absolute atomic E-state index is 10.6. The SMILES string of the molecule is COCCOCCCS(C)(=O)=O. The van der Waals surface area contributed by atoms with E-state index in [0.717, 1.165) is 0 Å². The molecule has 5 heteroatoms. The average Bonchev–Trinajstić information content (AvgIpc) is 1.94. The van der Waals surface area contributed by atoms with Crippen molar-refractivity contribution in [2.24, 2.45) is 0 Å². The Labute approximate surface area is 73.8 Å². The zero-order chi connectivity index (χ0) is 9.45. The lowest BCUT2D eigenvalue weighted by Crippen LogP contribution is -2.08. The number of ether oxygens (including phenoxy) is 2. The minimum absolute atomic E-state index is 0.194. The minimum atomic E-state index is -2.83. The van der Waals surface area contributed by atoms with Gasteiger partial charge in [0.15, 0.2) is 0 Å². The molecule has 0 saturated heterocycles. The molecule has 0 spiro atoms. The van der Waals surface area contributed by atoms with Crippen molar-refractivity contribution in [1.82, 2.24) is 0 Å². The van der Waals surface area contributed by atoms with Gasteiger partial charge < -0.3 is 9.47 Å². The summed E-state index contributed by atoms with van der Waals surface area (Å²) in [4.78, 5) is 0. The Bertz CT molecular complexity index is 186. The molecule has 0 atom stereocenters. The Morgan fingerprint density at radius 1 is 1.17 bits per heavy atom. The van der Waals surface area contributed by atoms with Gasteiger partial charge >= 0.3 is 0 Å². The van der Waals surface area contributed by atoms with E-state index in [1.54, 1.807) is 7.11 Å². The molecule has 0 aromatic heterocycles. The molecule has 0 heterocycles. The number of hydrogen-bond acceptors (Lipinski definition) is 4. The van der Waals surface area contributed by atoms with Crippen LogP contribution in [0.25, 0.3) is 0 Å². The molecule has 0 aliphatic rings. The van der Waals surface area contributed by atoms with Gasteiger partial charge in [-0.1, -0.05) is 0 Å². The fourth-order valence-electron chi connectivity index (χ4n) is 0.667. The fourth-order valence-corrected chi connectivity index (χ4v) is 1.31. The monoisotopic (exact) mass is 196 g/mol. The highest BCUT2D eigenvalue weighted by molar-refractivity contribution is 7.90. The Hall–Kier alpha value is -0.130. The summed E-state index contributed by atoms with van der Waals surface area (Å²) in [5.74, 6) is 0.194. The van der Waals surface area contributed by atoms with E-state index < -0.39 is 9.84 Å². The Balaban J connectivity index is 3.12. The van der Waals surface area contributed by atoms with Gasteiger partial charge in [0.1, 0.15) is 9.84 Å². The largest absolute Gasteiger partial charge is 0.382 e. The molecule has 0 radical (unpaired) electrons. The molecule has 0 amide bonds. The Morgan fingerprint density at radius 2 is 1.83 bits per heavy atom. The molecule has 0 fully saturated rings. The maximum Gasteiger partial charge on any atom is 0.147 e. The molecule has 74 valence electrons. The van der Waals surface area contributed by atoms with E-state index >= 15 is 0 Å². The summed E-state index contributed by atoms with van der Waals surface area (Å²) in [7, 11) is -1.23. The van der Waals surface area contributed by atoms with Crippen molar-refractivity contribution in [1.29, 1.82) is 0 Å². The lowest BCUT2D eigenvalue weighted by atomic mass is 10.5. The van der Waals surface area contributed by atoms with Crippen LogP contribution in [0.2, 0.25) is 0 Å². The molecule has 0 N–H and O–H groups in total. The molecule has 0 aliphatic carbocycles. The third-order valence-corrected chi connectivity index (χ3v) is 2.27. The fraction of sp³-hybridized carbons (Fsp3) is 1.00. The molecule has 0 rings (SSSR count). The van der Waals surface area contributed by atoms with E-state index in [9.17, 15) is 8.42 Å². The van der Waals surface area contributed by atoms with Crippen LogP contribution in [0.15, 0.2) is 0 Å². The van der Waals surface area contributed by atoms with Crippen molar-refractivity contribution >= 4 is 9.84 Å². The van der Waals surface area contributed by atoms with Gasteiger partial charge in [-0.25, -0.2) is 8.42 Å². The number of methoxy groups -OCH3 is 1. The van der Waals surface area contributed by atoms with E-state index in [1.807, 2.05) is 0 Å². The van der Waals surface area contributed by atoms with Crippen LogP contribution >= 0.6 is 0 Å². The van der Waals surface area contributed by atoms with Crippen molar-refractivity contribution in [3.63, 3.8) is 0 Å². The second-order valence-corrected chi connectivity index (χ2v) is 4.85. The molecule has 0 bridgehead atoms. The lowest BCUT2D eigenvalue weighted by molar-refractivity contribution is 0.0712. The summed E-state index contributed by atoms with van der Waals surface area (Å²) in [6.07, 6.45) is 1.78. The van der Waals surface area contributed by atoms with Crippen molar-refractivity contribution in [3.8, 4) is 0 Å². The van der Waals surface area contributed by atoms with Crippen molar-refractivity contribution in [2.75, 3.05) is 38.9 Å².